The van der Waals surface area contributed by atoms with Crippen LogP contribution in [0.15, 0.2) is 21.9 Å². The average molecular weight is 1530 g/mol. The van der Waals surface area contributed by atoms with Crippen molar-refractivity contribution >= 4 is 108 Å². The molecular formula is C76H135BrN2O12S2Si4. The lowest BCUT2D eigenvalue weighted by molar-refractivity contribution is -0.155. The van der Waals surface area contributed by atoms with Gasteiger partial charge in [-0.15, -0.1) is 22.7 Å². The first-order valence-corrected chi connectivity index (χ1v) is 50.8. The molecule has 0 saturated carbocycles. The molecule has 3 saturated heterocycles. The number of aliphatic hydroxyl groups excluding tert-OH is 1. The number of carbonyl (C=O) groups excluding carboxylic acids is 4. The summed E-state index contributed by atoms with van der Waals surface area (Å²) in [6.45, 7) is 51.0. The molecule has 0 amide bonds. The van der Waals surface area contributed by atoms with Gasteiger partial charge in [-0.05, 0) is 161 Å². The molecule has 14 nitrogen and oxygen atoms in total. The number of halogens is 1. The van der Waals surface area contributed by atoms with Gasteiger partial charge in [-0.3, -0.25) is 19.2 Å². The number of epoxide rings is 1. The van der Waals surface area contributed by atoms with Gasteiger partial charge in [0.05, 0.1) is 77.0 Å². The lowest BCUT2D eigenvalue weighted by atomic mass is 9.73. The van der Waals surface area contributed by atoms with Crippen LogP contribution >= 0.6 is 38.6 Å². The number of hydrogen-bond acceptors (Lipinski definition) is 16. The summed E-state index contributed by atoms with van der Waals surface area (Å²) in [7, 11) is -8.50. The van der Waals surface area contributed by atoms with Crippen LogP contribution in [0.5, 0.6) is 0 Å². The fourth-order valence-electron chi connectivity index (χ4n) is 15.2. The fourth-order valence-corrected chi connectivity index (χ4v) is 28.9. The minimum Gasteiger partial charge on any atom is -0.458 e. The molecule has 5 rings (SSSR count). The van der Waals surface area contributed by atoms with Gasteiger partial charge >= 0.3 is 11.9 Å². The van der Waals surface area contributed by atoms with E-state index < -0.39 is 80.6 Å². The lowest BCUT2D eigenvalue weighted by Crippen LogP contribution is -2.53. The largest absolute Gasteiger partial charge is 0.458 e. The zero-order valence-electron chi connectivity index (χ0n) is 65.0. The molecule has 2 aromatic heterocycles. The van der Waals surface area contributed by atoms with Gasteiger partial charge in [0, 0.05) is 51.1 Å². The first-order chi connectivity index (χ1) is 45.6. The van der Waals surface area contributed by atoms with Crippen molar-refractivity contribution in [3.05, 3.63) is 43.3 Å². The first-order valence-electron chi connectivity index (χ1n) is 38.0. The van der Waals surface area contributed by atoms with Crippen LogP contribution in [0.4, 0.5) is 0 Å². The summed E-state index contributed by atoms with van der Waals surface area (Å²) in [5.41, 5.74) is 1.66. The van der Waals surface area contributed by atoms with Crippen molar-refractivity contribution < 1.29 is 56.2 Å². The number of fused-ring (bicyclic) bond motifs is 1. The molecule has 0 spiro atoms. The molecule has 556 valence electrons. The highest BCUT2D eigenvalue weighted by molar-refractivity contribution is 9.09. The number of aryl methyl sites for hydroxylation is 2. The summed E-state index contributed by atoms with van der Waals surface area (Å²) >= 11 is 6.95. The van der Waals surface area contributed by atoms with Crippen LogP contribution < -0.4 is 0 Å². The number of cyclic esters (lactones) is 2. The van der Waals surface area contributed by atoms with Crippen molar-refractivity contribution in [3.8, 4) is 0 Å². The second kappa shape index (κ2) is 39.8. The Balaban J connectivity index is 0.000000412. The van der Waals surface area contributed by atoms with E-state index in [-0.39, 0.29) is 83.3 Å². The number of Topliss-reactive ketones (excluding diaryl/α,β-unsaturated/α-hetero) is 2. The Morgan fingerprint density at radius 3 is 1.20 bits per heavy atom. The number of ether oxygens (including phenoxy) is 3. The average Bonchev–Trinajstić information content (AvgIpc) is 1.80. The monoisotopic (exact) mass is 1520 g/mol. The zero-order valence-corrected chi connectivity index (χ0v) is 72.2. The van der Waals surface area contributed by atoms with Gasteiger partial charge in [-0.2, -0.15) is 0 Å². The van der Waals surface area contributed by atoms with E-state index in [2.05, 4.69) is 130 Å². The molecule has 2 aromatic rings. The van der Waals surface area contributed by atoms with E-state index in [1.807, 2.05) is 85.2 Å². The standard InChI is InChI=1S/C38H68BrNO6SSi2.C38H67NO6SSi2/c1-13-48(14-2,15-3)45-34-24-35(42)44-33(27(8)22-30-25-47-29(10)40-30)23-31(39)32(41)21-19-20-26(7)36(28(9)37(43)38(34,11)12)46-49(16-4,17-5)18-6;1-13-47(14-2,15-3)44-34-24-35(40)43-32(27(8)22-30-25-46-29(10)39-30)23-33-31(42-33)21-19-20-26(7)36(28(9)37(41)38(34,11)12)45-48(16-4,17-5)18-6/h22,25-26,28,31-34,36,41H,13-21,23-24H2,1-12H3;22,25-26,28,31-34,36H,13-21,23-24H2,1-12H3/b2*27-22+/t26?,28-,31-,32-,33?,34+,36+;26?,28-,31-,32?,33+,34+,36+/m11/s1. The van der Waals surface area contributed by atoms with Crippen LogP contribution in [-0.4, -0.2) is 132 Å². The number of esters is 2. The molecule has 21 heteroatoms. The maximum absolute atomic E-state index is 14.9. The molecule has 3 fully saturated rings. The van der Waals surface area contributed by atoms with Gasteiger partial charge in [0.2, 0.25) is 0 Å². The summed E-state index contributed by atoms with van der Waals surface area (Å²) in [5, 5.41) is 17.3. The minimum atomic E-state index is -2.24. The first kappa shape index (κ1) is 87.5. The van der Waals surface area contributed by atoms with Gasteiger partial charge in [-0.1, -0.05) is 167 Å². The Labute approximate surface area is 609 Å². The maximum atomic E-state index is 14.9. The van der Waals surface area contributed by atoms with Crippen molar-refractivity contribution in [2.45, 2.75) is 363 Å². The number of aromatic nitrogens is 2. The predicted molar refractivity (Wildman–Crippen MR) is 417 cm³/mol. The summed E-state index contributed by atoms with van der Waals surface area (Å²) in [4.78, 5) is 66.7. The second-order valence-corrected chi connectivity index (χ2v) is 52.6. The molecule has 14 atom stereocenters. The van der Waals surface area contributed by atoms with E-state index in [1.165, 1.54) is 0 Å². The van der Waals surface area contributed by atoms with Crippen molar-refractivity contribution in [1.82, 2.24) is 9.97 Å². The van der Waals surface area contributed by atoms with E-state index in [4.69, 9.17) is 31.9 Å². The number of thiazole rings is 2. The summed E-state index contributed by atoms with van der Waals surface area (Å²) < 4.78 is 47.4. The van der Waals surface area contributed by atoms with E-state index >= 15 is 0 Å². The molecule has 1 N–H and O–H groups in total. The SMILES string of the molecule is CC[Si](CC)(CC)O[C@H]1CC(=O)OC(/C(C)=C/c2csc(C)n2)C[C@@H](Br)[C@H](O)CCCC(C)[C@H](O[Si](CC)(CC)CC)[C@@H](C)C(=O)C1(C)C.CC[Si](CC)(CC)O[C@H]1CC(=O)OC(/C(C)=C/c2csc(C)n2)C[C@@H]2O[C@@H]2CCCC(C)[C@H](O[Si](CC)(CC)CC)[C@@H](C)C(=O)C1(C)C. The highest BCUT2D eigenvalue weighted by Gasteiger charge is 2.51. The maximum Gasteiger partial charge on any atom is 0.309 e. The molecule has 4 unspecified atom stereocenters. The molecule has 0 aromatic carbocycles. The Hall–Kier alpha value is -1.87. The van der Waals surface area contributed by atoms with Crippen LogP contribution in [0.1, 0.15) is 238 Å². The van der Waals surface area contributed by atoms with E-state index in [1.54, 1.807) is 22.7 Å². The smallest absolute Gasteiger partial charge is 0.309 e. The third kappa shape index (κ3) is 24.1. The van der Waals surface area contributed by atoms with Gasteiger partial charge in [0.25, 0.3) is 0 Å². The Morgan fingerprint density at radius 2 is 0.866 bits per heavy atom. The number of aliphatic hydroxyl groups is 1. The summed E-state index contributed by atoms with van der Waals surface area (Å²) in [6, 6.07) is 11.7. The fraction of sp³-hybridized carbons (Fsp3) is 0.816. The lowest BCUT2D eigenvalue weighted by Gasteiger charge is -2.44. The minimum absolute atomic E-state index is 0.0199. The van der Waals surface area contributed by atoms with E-state index in [0.29, 0.717) is 19.3 Å². The van der Waals surface area contributed by atoms with E-state index in [9.17, 15) is 24.3 Å². The molecular weight excluding hydrogens is 1390 g/mol. The summed E-state index contributed by atoms with van der Waals surface area (Å²) in [5.74, 6) is -0.879. The molecule has 0 radical (unpaired) electrons. The van der Waals surface area contributed by atoms with Gasteiger partial charge in [-0.25, -0.2) is 9.97 Å². The topological polar surface area (TPSA) is 182 Å². The Bertz CT molecular complexity index is 2780. The zero-order chi connectivity index (χ0) is 73.0. The number of hydrogen-bond donors (Lipinski definition) is 1. The van der Waals surface area contributed by atoms with Crippen LogP contribution in [0.25, 0.3) is 12.2 Å². The van der Waals surface area contributed by atoms with Crippen molar-refractivity contribution in [2.24, 2.45) is 34.5 Å². The van der Waals surface area contributed by atoms with E-state index in [0.717, 1.165) is 137 Å². The Morgan fingerprint density at radius 1 is 0.536 bits per heavy atom. The van der Waals surface area contributed by atoms with Crippen LogP contribution in [0.2, 0.25) is 72.5 Å². The Kier molecular flexibility index (Phi) is 36.0. The predicted octanol–water partition coefficient (Wildman–Crippen LogP) is 20.6. The third-order valence-electron chi connectivity index (χ3n) is 23.7. The number of nitrogens with zero attached hydrogens (tertiary/aromatic N) is 2. The van der Waals surface area contributed by atoms with Crippen molar-refractivity contribution in [2.75, 3.05) is 0 Å². The molecule has 0 aliphatic carbocycles. The van der Waals surface area contributed by atoms with Crippen LogP contribution in [0.3, 0.4) is 0 Å². The molecule has 3 aliphatic heterocycles. The molecule has 0 bridgehead atoms. The van der Waals surface area contributed by atoms with Crippen LogP contribution in [-0.2, 0) is 51.1 Å². The molecule has 97 heavy (non-hydrogen) atoms. The van der Waals surface area contributed by atoms with Crippen molar-refractivity contribution in [3.63, 3.8) is 0 Å². The highest BCUT2D eigenvalue weighted by Crippen LogP contribution is 2.44. The number of carbonyl (C=O) groups is 4. The van der Waals surface area contributed by atoms with Crippen molar-refractivity contribution in [1.29, 1.82) is 0 Å². The number of rotatable bonds is 24. The van der Waals surface area contributed by atoms with Gasteiger partial charge < -0.3 is 37.0 Å². The molecule has 5 heterocycles. The summed E-state index contributed by atoms with van der Waals surface area (Å²) in [6.07, 6.45) is 7.19. The normalized spacial score (nSPS) is 29.3. The quantitative estimate of drug-likeness (QED) is 0.0453. The highest BCUT2D eigenvalue weighted by atomic mass is 79.9. The number of alkyl halides is 1. The van der Waals surface area contributed by atoms with Crippen LogP contribution in [0, 0.1) is 48.3 Å². The second-order valence-electron chi connectivity index (χ2n) is 30.4. The number of ketones is 2. The van der Waals surface area contributed by atoms with Gasteiger partial charge in [0.15, 0.2) is 33.3 Å². The molecule has 3 aliphatic rings. The van der Waals surface area contributed by atoms with Gasteiger partial charge in [0.1, 0.15) is 23.8 Å². The third-order valence-corrected chi connectivity index (χ3v) is 44.8.